The summed E-state index contributed by atoms with van der Waals surface area (Å²) in [7, 11) is 0. The summed E-state index contributed by atoms with van der Waals surface area (Å²) in [4.78, 5) is 32.5. The fraction of sp³-hybridized carbons (Fsp3) is 0.381. The van der Waals surface area contributed by atoms with E-state index in [0.717, 1.165) is 16.9 Å². The summed E-state index contributed by atoms with van der Waals surface area (Å²) >= 11 is 0. The summed E-state index contributed by atoms with van der Waals surface area (Å²) in [5.74, 6) is 0.674. The van der Waals surface area contributed by atoms with Crippen molar-refractivity contribution in [1.29, 1.82) is 0 Å². The smallest absolute Gasteiger partial charge is 0.409 e. The second-order valence-corrected chi connectivity index (χ2v) is 6.83. The summed E-state index contributed by atoms with van der Waals surface area (Å²) < 4.78 is 5.04. The number of amides is 2. The third kappa shape index (κ3) is 4.60. The molecule has 1 aliphatic heterocycles. The summed E-state index contributed by atoms with van der Waals surface area (Å²) in [6.45, 7) is 8.79. The van der Waals surface area contributed by atoms with Crippen LogP contribution in [0.1, 0.15) is 28.4 Å². The number of nitrogens with one attached hydrogen (secondary N) is 1. The van der Waals surface area contributed by atoms with E-state index in [-0.39, 0.29) is 12.0 Å². The number of nitrogens with zero attached hydrogens (tertiary/aromatic N) is 3. The highest BCUT2D eigenvalue weighted by atomic mass is 16.6. The first-order valence-electron chi connectivity index (χ1n) is 9.49. The lowest BCUT2D eigenvalue weighted by atomic mass is 10.1. The van der Waals surface area contributed by atoms with E-state index in [2.05, 4.69) is 15.2 Å². The van der Waals surface area contributed by atoms with Gasteiger partial charge in [0, 0.05) is 31.7 Å². The average Bonchev–Trinajstić information content (AvgIpc) is 2.71. The standard InChI is InChI=1S/C21H26N4O3/c1-4-28-21(27)25-11-9-24(10-12-25)19-8-7-18(14-22-19)23-20(26)17-6-5-15(2)16(3)13-17/h5-8,13-14H,4,9-12H2,1-3H3,(H,23,26). The van der Waals surface area contributed by atoms with Gasteiger partial charge in [0.25, 0.3) is 5.91 Å². The van der Waals surface area contributed by atoms with Gasteiger partial charge in [0.2, 0.25) is 0 Å². The fourth-order valence-electron chi connectivity index (χ4n) is 3.07. The third-order valence-corrected chi connectivity index (χ3v) is 4.90. The summed E-state index contributed by atoms with van der Waals surface area (Å²) in [5.41, 5.74) is 3.52. The van der Waals surface area contributed by atoms with E-state index in [4.69, 9.17) is 4.74 Å². The van der Waals surface area contributed by atoms with Gasteiger partial charge in [0.15, 0.2) is 0 Å². The number of ether oxygens (including phenoxy) is 1. The molecule has 0 bridgehead atoms. The molecule has 3 rings (SSSR count). The molecule has 1 aromatic carbocycles. The molecule has 0 aliphatic carbocycles. The highest BCUT2D eigenvalue weighted by Gasteiger charge is 2.22. The van der Waals surface area contributed by atoms with Crippen molar-refractivity contribution in [2.75, 3.05) is 43.0 Å². The van der Waals surface area contributed by atoms with E-state index < -0.39 is 0 Å². The first-order chi connectivity index (χ1) is 13.5. The van der Waals surface area contributed by atoms with Crippen molar-refractivity contribution in [3.05, 3.63) is 53.2 Å². The van der Waals surface area contributed by atoms with Crippen LogP contribution in [-0.2, 0) is 4.74 Å². The number of anilines is 2. The van der Waals surface area contributed by atoms with Gasteiger partial charge in [-0.25, -0.2) is 9.78 Å². The molecule has 1 fully saturated rings. The Kier molecular flexibility index (Phi) is 6.13. The van der Waals surface area contributed by atoms with Crippen LogP contribution in [0.3, 0.4) is 0 Å². The second kappa shape index (κ2) is 8.73. The Morgan fingerprint density at radius 1 is 1.07 bits per heavy atom. The molecule has 148 valence electrons. The summed E-state index contributed by atoms with van der Waals surface area (Å²) in [6.07, 6.45) is 1.39. The van der Waals surface area contributed by atoms with E-state index in [9.17, 15) is 9.59 Å². The molecule has 7 nitrogen and oxygen atoms in total. The number of hydrogen-bond acceptors (Lipinski definition) is 5. The zero-order valence-corrected chi connectivity index (χ0v) is 16.6. The molecule has 1 N–H and O–H groups in total. The number of aromatic nitrogens is 1. The molecule has 1 aromatic heterocycles. The number of piperazine rings is 1. The molecule has 28 heavy (non-hydrogen) atoms. The highest BCUT2D eigenvalue weighted by molar-refractivity contribution is 6.04. The van der Waals surface area contributed by atoms with E-state index in [1.807, 2.05) is 44.2 Å². The number of rotatable bonds is 4. The number of carbonyl (C=O) groups is 2. The SMILES string of the molecule is CCOC(=O)N1CCN(c2ccc(NC(=O)c3ccc(C)c(C)c3)cn2)CC1. The van der Waals surface area contributed by atoms with Gasteiger partial charge in [-0.05, 0) is 56.2 Å². The zero-order chi connectivity index (χ0) is 20.1. The monoisotopic (exact) mass is 382 g/mol. The normalized spacial score (nSPS) is 14.0. The van der Waals surface area contributed by atoms with Crippen molar-refractivity contribution in [3.8, 4) is 0 Å². The van der Waals surface area contributed by atoms with Crippen LogP contribution in [0.4, 0.5) is 16.3 Å². The summed E-state index contributed by atoms with van der Waals surface area (Å²) in [6, 6.07) is 9.38. The highest BCUT2D eigenvalue weighted by Crippen LogP contribution is 2.18. The lowest BCUT2D eigenvalue weighted by Gasteiger charge is -2.34. The van der Waals surface area contributed by atoms with Crippen molar-refractivity contribution >= 4 is 23.5 Å². The van der Waals surface area contributed by atoms with Gasteiger partial charge in [-0.15, -0.1) is 0 Å². The molecular weight excluding hydrogens is 356 g/mol. The predicted octanol–water partition coefficient (Wildman–Crippen LogP) is 3.23. The molecular formula is C21H26N4O3. The van der Waals surface area contributed by atoms with Gasteiger partial charge in [-0.3, -0.25) is 4.79 Å². The number of hydrogen-bond donors (Lipinski definition) is 1. The van der Waals surface area contributed by atoms with Gasteiger partial charge in [-0.1, -0.05) is 6.07 Å². The number of pyridine rings is 1. The fourth-order valence-corrected chi connectivity index (χ4v) is 3.07. The molecule has 1 saturated heterocycles. The molecule has 1 aliphatic rings. The lowest BCUT2D eigenvalue weighted by molar-refractivity contribution is 0.102. The largest absolute Gasteiger partial charge is 0.450 e. The Balaban J connectivity index is 1.57. The van der Waals surface area contributed by atoms with Crippen molar-refractivity contribution in [3.63, 3.8) is 0 Å². The maximum atomic E-state index is 12.4. The van der Waals surface area contributed by atoms with Crippen LogP contribution in [0.2, 0.25) is 0 Å². The summed E-state index contributed by atoms with van der Waals surface area (Å²) in [5, 5.41) is 2.88. The van der Waals surface area contributed by atoms with Crippen molar-refractivity contribution in [2.24, 2.45) is 0 Å². The van der Waals surface area contributed by atoms with Crippen LogP contribution in [0.5, 0.6) is 0 Å². The Morgan fingerprint density at radius 2 is 1.82 bits per heavy atom. The maximum absolute atomic E-state index is 12.4. The maximum Gasteiger partial charge on any atom is 0.409 e. The second-order valence-electron chi connectivity index (χ2n) is 6.83. The van der Waals surface area contributed by atoms with Crippen LogP contribution in [0, 0.1) is 13.8 Å². The Bertz CT molecular complexity index is 843. The van der Waals surface area contributed by atoms with Gasteiger partial charge in [0.05, 0.1) is 18.5 Å². The molecule has 0 atom stereocenters. The van der Waals surface area contributed by atoms with Crippen LogP contribution in [0.25, 0.3) is 0 Å². The molecule has 0 unspecified atom stereocenters. The van der Waals surface area contributed by atoms with Crippen molar-refractivity contribution in [2.45, 2.75) is 20.8 Å². The zero-order valence-electron chi connectivity index (χ0n) is 16.6. The molecule has 7 heteroatoms. The van der Waals surface area contributed by atoms with Crippen LogP contribution in [-0.4, -0.2) is 54.7 Å². The van der Waals surface area contributed by atoms with Gasteiger partial charge >= 0.3 is 6.09 Å². The first-order valence-corrected chi connectivity index (χ1v) is 9.49. The van der Waals surface area contributed by atoms with Crippen LogP contribution >= 0.6 is 0 Å². The minimum atomic E-state index is -0.264. The Hall–Kier alpha value is -3.09. The number of carbonyl (C=O) groups excluding carboxylic acids is 2. The van der Waals surface area contributed by atoms with Gasteiger partial charge < -0.3 is 19.9 Å². The van der Waals surface area contributed by atoms with E-state index in [1.165, 1.54) is 0 Å². The van der Waals surface area contributed by atoms with Crippen molar-refractivity contribution < 1.29 is 14.3 Å². The van der Waals surface area contributed by atoms with Crippen molar-refractivity contribution in [1.82, 2.24) is 9.88 Å². The van der Waals surface area contributed by atoms with E-state index >= 15 is 0 Å². The number of benzene rings is 1. The first kappa shape index (κ1) is 19.7. The Morgan fingerprint density at radius 3 is 2.43 bits per heavy atom. The van der Waals surface area contributed by atoms with Crippen LogP contribution < -0.4 is 10.2 Å². The average molecular weight is 382 g/mol. The molecule has 2 heterocycles. The third-order valence-electron chi connectivity index (χ3n) is 4.90. The topological polar surface area (TPSA) is 74.8 Å². The van der Waals surface area contributed by atoms with Gasteiger partial charge in [-0.2, -0.15) is 0 Å². The van der Waals surface area contributed by atoms with Gasteiger partial charge in [0.1, 0.15) is 5.82 Å². The van der Waals surface area contributed by atoms with E-state index in [0.29, 0.717) is 44.0 Å². The lowest BCUT2D eigenvalue weighted by Crippen LogP contribution is -2.49. The molecule has 0 radical (unpaired) electrons. The number of aryl methyl sites for hydroxylation is 2. The molecule has 0 saturated carbocycles. The predicted molar refractivity (Wildman–Crippen MR) is 109 cm³/mol. The molecule has 0 spiro atoms. The quantitative estimate of drug-likeness (QED) is 0.879. The minimum Gasteiger partial charge on any atom is -0.450 e. The Labute approximate surface area is 165 Å². The van der Waals surface area contributed by atoms with E-state index in [1.54, 1.807) is 18.0 Å². The molecule has 2 aromatic rings. The van der Waals surface area contributed by atoms with Crippen LogP contribution in [0.15, 0.2) is 36.5 Å². The molecule has 2 amide bonds. The minimum absolute atomic E-state index is 0.152.